The van der Waals surface area contributed by atoms with E-state index in [1.807, 2.05) is 30.3 Å². The van der Waals surface area contributed by atoms with Crippen molar-refractivity contribution in [2.45, 2.75) is 19.4 Å². The van der Waals surface area contributed by atoms with Crippen LogP contribution in [0.15, 0.2) is 30.3 Å². The Kier molecular flexibility index (Phi) is 6.43. The normalized spacial score (nSPS) is 11.7. The molecule has 0 unspecified atom stereocenters. The van der Waals surface area contributed by atoms with E-state index in [2.05, 4.69) is 21.2 Å². The topological polar surface area (TPSA) is 55.4 Å². The molecule has 98 valence electrons. The molecular formula is C13H16BrNO3. The van der Waals surface area contributed by atoms with Crippen LogP contribution in [0.25, 0.3) is 0 Å². The lowest BCUT2D eigenvalue weighted by molar-refractivity contribution is -0.147. The van der Waals surface area contributed by atoms with Gasteiger partial charge in [-0.3, -0.25) is 4.79 Å². The molecule has 1 aromatic carbocycles. The van der Waals surface area contributed by atoms with Crippen molar-refractivity contribution in [2.75, 3.05) is 11.9 Å². The Hall–Kier alpha value is -1.36. The number of esters is 1. The van der Waals surface area contributed by atoms with Crippen molar-refractivity contribution >= 4 is 27.8 Å². The van der Waals surface area contributed by atoms with E-state index in [-0.39, 0.29) is 11.2 Å². The molecule has 0 aliphatic carbocycles. The van der Waals surface area contributed by atoms with Gasteiger partial charge in [-0.1, -0.05) is 46.3 Å². The van der Waals surface area contributed by atoms with E-state index in [9.17, 15) is 9.59 Å². The number of amides is 1. The fraction of sp³-hybridized carbons (Fsp3) is 0.385. The smallest absolute Gasteiger partial charge is 0.328 e. The molecule has 1 atom stereocenters. The van der Waals surface area contributed by atoms with Crippen molar-refractivity contribution in [3.8, 4) is 0 Å². The van der Waals surface area contributed by atoms with Gasteiger partial charge in [-0.25, -0.2) is 4.79 Å². The summed E-state index contributed by atoms with van der Waals surface area (Å²) < 4.78 is 4.95. The minimum absolute atomic E-state index is 0.164. The van der Waals surface area contributed by atoms with E-state index >= 15 is 0 Å². The van der Waals surface area contributed by atoms with Crippen LogP contribution in [0.4, 0.5) is 0 Å². The van der Waals surface area contributed by atoms with E-state index in [4.69, 9.17) is 4.74 Å². The summed E-state index contributed by atoms with van der Waals surface area (Å²) in [5.41, 5.74) is 0.977. The lowest BCUT2D eigenvalue weighted by atomic mass is 10.1. The van der Waals surface area contributed by atoms with Crippen LogP contribution in [-0.4, -0.2) is 29.9 Å². The van der Waals surface area contributed by atoms with Crippen LogP contribution in [0, 0.1) is 0 Å². The van der Waals surface area contributed by atoms with E-state index in [0.29, 0.717) is 13.0 Å². The highest BCUT2D eigenvalue weighted by molar-refractivity contribution is 9.09. The first-order valence-corrected chi connectivity index (χ1v) is 6.85. The molecule has 5 heteroatoms. The number of benzene rings is 1. The first-order chi connectivity index (χ1) is 8.67. The monoisotopic (exact) mass is 313 g/mol. The Morgan fingerprint density at radius 1 is 1.33 bits per heavy atom. The van der Waals surface area contributed by atoms with Crippen LogP contribution in [0.2, 0.25) is 0 Å². The number of rotatable bonds is 6. The van der Waals surface area contributed by atoms with Gasteiger partial charge < -0.3 is 10.1 Å². The average Bonchev–Trinajstić information content (AvgIpc) is 2.39. The van der Waals surface area contributed by atoms with E-state index in [1.165, 1.54) is 0 Å². The van der Waals surface area contributed by atoms with Crippen molar-refractivity contribution in [1.82, 2.24) is 5.32 Å². The molecule has 0 aromatic heterocycles. The SMILES string of the molecule is CCOC(=O)[C@H](Cc1ccccc1)NC(=O)CBr. The summed E-state index contributed by atoms with van der Waals surface area (Å²) in [5.74, 6) is -0.639. The van der Waals surface area contributed by atoms with Crippen LogP contribution in [0.3, 0.4) is 0 Å². The van der Waals surface area contributed by atoms with Crippen LogP contribution in [-0.2, 0) is 20.7 Å². The van der Waals surface area contributed by atoms with Gasteiger partial charge in [0.15, 0.2) is 0 Å². The van der Waals surface area contributed by atoms with Crippen LogP contribution in [0.1, 0.15) is 12.5 Å². The zero-order chi connectivity index (χ0) is 13.4. The molecule has 0 aliphatic rings. The highest BCUT2D eigenvalue weighted by atomic mass is 79.9. The summed E-state index contributed by atoms with van der Waals surface area (Å²) in [6.45, 7) is 2.04. The summed E-state index contributed by atoms with van der Waals surface area (Å²) in [6.07, 6.45) is 0.429. The molecule has 0 saturated heterocycles. The molecule has 1 N–H and O–H groups in total. The average molecular weight is 314 g/mol. The zero-order valence-corrected chi connectivity index (χ0v) is 11.8. The van der Waals surface area contributed by atoms with Crippen molar-refractivity contribution in [3.05, 3.63) is 35.9 Å². The summed E-state index contributed by atoms with van der Waals surface area (Å²) in [4.78, 5) is 23.1. The Morgan fingerprint density at radius 2 is 2.00 bits per heavy atom. The summed E-state index contributed by atoms with van der Waals surface area (Å²) >= 11 is 3.05. The minimum Gasteiger partial charge on any atom is -0.464 e. The number of halogens is 1. The van der Waals surface area contributed by atoms with Gasteiger partial charge in [0.1, 0.15) is 6.04 Å². The van der Waals surface area contributed by atoms with Crippen molar-refractivity contribution in [1.29, 1.82) is 0 Å². The summed E-state index contributed by atoms with van der Waals surface area (Å²) in [6, 6.07) is 8.87. The van der Waals surface area contributed by atoms with E-state index < -0.39 is 12.0 Å². The third-order valence-corrected chi connectivity index (χ3v) is 2.82. The second kappa shape index (κ2) is 7.87. The standard InChI is InChI=1S/C13H16BrNO3/c1-2-18-13(17)11(15-12(16)9-14)8-10-6-4-3-5-7-10/h3-7,11H,2,8-9H2,1H3,(H,15,16)/t11-/m0/s1. The largest absolute Gasteiger partial charge is 0.464 e. The van der Waals surface area contributed by atoms with Gasteiger partial charge in [0.25, 0.3) is 0 Å². The Bertz CT molecular complexity index is 394. The van der Waals surface area contributed by atoms with Crippen molar-refractivity contribution in [2.24, 2.45) is 0 Å². The second-order valence-electron chi connectivity index (χ2n) is 3.70. The predicted molar refractivity (Wildman–Crippen MR) is 72.5 cm³/mol. The molecule has 1 rings (SSSR count). The molecule has 0 bridgehead atoms. The molecule has 0 aliphatic heterocycles. The number of hydrogen-bond donors (Lipinski definition) is 1. The fourth-order valence-corrected chi connectivity index (χ4v) is 1.68. The number of ether oxygens (including phenoxy) is 1. The first kappa shape index (κ1) is 14.7. The Balaban J connectivity index is 2.71. The van der Waals surface area contributed by atoms with E-state index in [1.54, 1.807) is 6.92 Å². The second-order valence-corrected chi connectivity index (χ2v) is 4.26. The Labute approximate surface area is 115 Å². The maximum absolute atomic E-state index is 11.7. The van der Waals surface area contributed by atoms with Gasteiger partial charge in [0.2, 0.25) is 5.91 Å². The third-order valence-electron chi connectivity index (χ3n) is 2.31. The third kappa shape index (κ3) is 4.87. The van der Waals surface area contributed by atoms with Gasteiger partial charge in [0, 0.05) is 6.42 Å². The highest BCUT2D eigenvalue weighted by Gasteiger charge is 2.21. The highest BCUT2D eigenvalue weighted by Crippen LogP contribution is 2.05. The van der Waals surface area contributed by atoms with Crippen LogP contribution in [0.5, 0.6) is 0 Å². The number of hydrogen-bond acceptors (Lipinski definition) is 3. The molecule has 0 spiro atoms. The molecule has 1 amide bonds. The number of alkyl halides is 1. The van der Waals surface area contributed by atoms with Gasteiger partial charge >= 0.3 is 5.97 Å². The minimum atomic E-state index is -0.641. The first-order valence-electron chi connectivity index (χ1n) is 5.73. The van der Waals surface area contributed by atoms with Gasteiger partial charge in [0.05, 0.1) is 11.9 Å². The quantitative estimate of drug-likeness (QED) is 0.642. The molecule has 18 heavy (non-hydrogen) atoms. The number of carbonyl (C=O) groups excluding carboxylic acids is 2. The molecular weight excluding hydrogens is 298 g/mol. The zero-order valence-electron chi connectivity index (χ0n) is 10.2. The lowest BCUT2D eigenvalue weighted by Gasteiger charge is -2.16. The maximum atomic E-state index is 11.7. The summed E-state index contributed by atoms with van der Waals surface area (Å²) in [5, 5.41) is 2.80. The maximum Gasteiger partial charge on any atom is 0.328 e. The molecule has 4 nitrogen and oxygen atoms in total. The number of nitrogens with one attached hydrogen (secondary N) is 1. The number of carbonyl (C=O) groups is 2. The van der Waals surface area contributed by atoms with Gasteiger partial charge in [-0.05, 0) is 12.5 Å². The predicted octanol–water partition coefficient (Wildman–Crippen LogP) is 1.67. The molecule has 0 fully saturated rings. The lowest BCUT2D eigenvalue weighted by Crippen LogP contribution is -2.43. The van der Waals surface area contributed by atoms with Gasteiger partial charge in [-0.2, -0.15) is 0 Å². The summed E-state index contributed by atoms with van der Waals surface area (Å²) in [7, 11) is 0. The van der Waals surface area contributed by atoms with Crippen LogP contribution >= 0.6 is 15.9 Å². The van der Waals surface area contributed by atoms with Crippen molar-refractivity contribution < 1.29 is 14.3 Å². The molecule has 0 saturated carbocycles. The van der Waals surface area contributed by atoms with Gasteiger partial charge in [-0.15, -0.1) is 0 Å². The molecule has 0 radical (unpaired) electrons. The van der Waals surface area contributed by atoms with Crippen molar-refractivity contribution in [3.63, 3.8) is 0 Å². The van der Waals surface area contributed by atoms with Crippen LogP contribution < -0.4 is 5.32 Å². The van der Waals surface area contributed by atoms with E-state index in [0.717, 1.165) is 5.56 Å². The fourth-order valence-electron chi connectivity index (χ4n) is 1.52. The molecule has 0 heterocycles. The molecule has 1 aromatic rings. The Morgan fingerprint density at radius 3 is 2.56 bits per heavy atom.